The predicted octanol–water partition coefficient (Wildman–Crippen LogP) is 4.65. The van der Waals surface area contributed by atoms with E-state index in [1.54, 1.807) is 26.3 Å². The van der Waals surface area contributed by atoms with Crippen molar-refractivity contribution in [3.05, 3.63) is 65.4 Å². The molecule has 0 aliphatic heterocycles. The zero-order valence-corrected chi connectivity index (χ0v) is 18.1. The minimum absolute atomic E-state index is 0.00673. The molecule has 0 fully saturated rings. The van der Waals surface area contributed by atoms with Gasteiger partial charge in [0.05, 0.1) is 24.8 Å². The molecule has 1 amide bonds. The maximum atomic E-state index is 14.3. The molecule has 8 heteroatoms. The van der Waals surface area contributed by atoms with Gasteiger partial charge in [-0.05, 0) is 50.6 Å². The number of benzene rings is 2. The summed E-state index contributed by atoms with van der Waals surface area (Å²) in [4.78, 5) is 13.0. The van der Waals surface area contributed by atoms with Crippen LogP contribution in [0.3, 0.4) is 0 Å². The molecule has 0 saturated carbocycles. The Balaban J connectivity index is 1.85. The van der Waals surface area contributed by atoms with Crippen LogP contribution in [0, 0.1) is 11.6 Å². The van der Waals surface area contributed by atoms with Crippen LogP contribution in [0.5, 0.6) is 11.5 Å². The van der Waals surface area contributed by atoms with Crippen LogP contribution in [-0.4, -0.2) is 28.9 Å². The van der Waals surface area contributed by atoms with Crippen molar-refractivity contribution in [1.82, 2.24) is 15.1 Å². The first kappa shape index (κ1) is 22.3. The number of methoxy groups -OCH3 is 1. The summed E-state index contributed by atoms with van der Waals surface area (Å²) < 4.78 is 40.1. The molecular weight excluding hydrogens is 404 g/mol. The summed E-state index contributed by atoms with van der Waals surface area (Å²) in [7, 11) is 3.18. The number of amides is 1. The summed E-state index contributed by atoms with van der Waals surface area (Å²) in [6.45, 7) is 5.67. The summed E-state index contributed by atoms with van der Waals surface area (Å²) in [6, 6.07) is 8.22. The van der Waals surface area contributed by atoms with E-state index in [2.05, 4.69) is 10.4 Å². The molecule has 0 radical (unpaired) electrons. The highest BCUT2D eigenvalue weighted by atomic mass is 19.1. The van der Waals surface area contributed by atoms with Crippen LogP contribution in [0.25, 0.3) is 11.3 Å². The number of nitrogens with one attached hydrogen (secondary N) is 1. The summed E-state index contributed by atoms with van der Waals surface area (Å²) in [5, 5.41) is 7.09. The van der Waals surface area contributed by atoms with Crippen LogP contribution in [-0.2, 0) is 7.05 Å². The lowest BCUT2D eigenvalue weighted by Gasteiger charge is -2.18. The smallest absolute Gasteiger partial charge is 0.255 e. The number of rotatable bonds is 7. The molecule has 3 aromatic rings. The molecule has 164 valence electrons. The molecule has 1 heterocycles. The second-order valence-electron chi connectivity index (χ2n) is 7.46. The zero-order chi connectivity index (χ0) is 22.7. The molecule has 0 bridgehead atoms. The molecule has 2 aromatic carbocycles. The van der Waals surface area contributed by atoms with Crippen molar-refractivity contribution >= 4 is 5.91 Å². The molecule has 31 heavy (non-hydrogen) atoms. The minimum atomic E-state index is -0.786. The highest BCUT2D eigenvalue weighted by molar-refractivity contribution is 6.00. The first-order valence-electron chi connectivity index (χ1n) is 9.84. The lowest BCUT2D eigenvalue weighted by molar-refractivity contribution is 0.0940. The van der Waals surface area contributed by atoms with Crippen LogP contribution in [0.15, 0.2) is 42.6 Å². The van der Waals surface area contributed by atoms with Gasteiger partial charge in [0.2, 0.25) is 0 Å². The van der Waals surface area contributed by atoms with E-state index in [1.165, 1.54) is 16.9 Å². The normalized spacial score (nSPS) is 12.0. The van der Waals surface area contributed by atoms with Gasteiger partial charge in [0.15, 0.2) is 11.5 Å². The number of aromatic nitrogens is 2. The molecule has 6 nitrogen and oxygen atoms in total. The third kappa shape index (κ3) is 5.02. The van der Waals surface area contributed by atoms with E-state index in [0.29, 0.717) is 11.5 Å². The van der Waals surface area contributed by atoms with Crippen molar-refractivity contribution in [3.63, 3.8) is 0 Å². The second-order valence-corrected chi connectivity index (χ2v) is 7.46. The number of hydrogen-bond donors (Lipinski definition) is 1. The molecule has 1 unspecified atom stereocenters. The Bertz CT molecular complexity index is 1100. The maximum absolute atomic E-state index is 14.3. The van der Waals surface area contributed by atoms with Crippen molar-refractivity contribution in [2.75, 3.05) is 7.11 Å². The molecule has 0 spiro atoms. The lowest BCUT2D eigenvalue weighted by atomic mass is 10.0. The standard InChI is InChI=1S/C23H25F2N3O3/c1-13(2)31-20-9-6-15(10-21(20)30-5)14(3)26-23(29)18-12-28(4)27-22(18)17-8-7-16(24)11-19(17)25/h6-14H,1-5H3,(H,26,29). The van der Waals surface area contributed by atoms with Crippen LogP contribution in [0.4, 0.5) is 8.78 Å². The molecule has 0 aliphatic rings. The molecule has 0 aliphatic carbocycles. The average Bonchev–Trinajstić information content (AvgIpc) is 3.09. The van der Waals surface area contributed by atoms with Gasteiger partial charge in [0, 0.05) is 24.9 Å². The number of carbonyl (C=O) groups is 1. The Kier molecular flexibility index (Phi) is 6.58. The molecule has 1 N–H and O–H groups in total. The van der Waals surface area contributed by atoms with Gasteiger partial charge in [-0.25, -0.2) is 8.78 Å². The molecule has 1 atom stereocenters. The predicted molar refractivity (Wildman–Crippen MR) is 113 cm³/mol. The van der Waals surface area contributed by atoms with Crippen molar-refractivity contribution in [1.29, 1.82) is 0 Å². The molecule has 0 saturated heterocycles. The van der Waals surface area contributed by atoms with Gasteiger partial charge in [0.25, 0.3) is 5.91 Å². The average molecular weight is 429 g/mol. The first-order valence-corrected chi connectivity index (χ1v) is 9.84. The third-order valence-corrected chi connectivity index (χ3v) is 4.66. The van der Waals surface area contributed by atoms with Crippen LogP contribution in [0.1, 0.15) is 42.7 Å². The van der Waals surface area contributed by atoms with Gasteiger partial charge in [-0.15, -0.1) is 0 Å². The van der Waals surface area contributed by atoms with E-state index in [9.17, 15) is 13.6 Å². The number of aryl methyl sites for hydroxylation is 1. The SMILES string of the molecule is COc1cc(C(C)NC(=O)c2cn(C)nc2-c2ccc(F)cc2F)ccc1OC(C)C. The number of halogens is 2. The number of hydrogen-bond acceptors (Lipinski definition) is 4. The van der Waals surface area contributed by atoms with Gasteiger partial charge in [-0.1, -0.05) is 6.07 Å². The van der Waals surface area contributed by atoms with Crippen molar-refractivity contribution in [2.24, 2.45) is 7.05 Å². The van der Waals surface area contributed by atoms with E-state index in [-0.39, 0.29) is 29.0 Å². The summed E-state index contributed by atoms with van der Waals surface area (Å²) in [5.41, 5.74) is 1.19. The number of ether oxygens (including phenoxy) is 2. The van der Waals surface area contributed by atoms with E-state index >= 15 is 0 Å². The maximum Gasteiger partial charge on any atom is 0.255 e. The fourth-order valence-electron chi connectivity index (χ4n) is 3.20. The highest BCUT2D eigenvalue weighted by Gasteiger charge is 2.22. The minimum Gasteiger partial charge on any atom is -0.493 e. The fraction of sp³-hybridized carbons (Fsp3) is 0.304. The Hall–Kier alpha value is -3.42. The monoisotopic (exact) mass is 429 g/mol. The van der Waals surface area contributed by atoms with Crippen LogP contribution < -0.4 is 14.8 Å². The Morgan fingerprint density at radius 3 is 2.48 bits per heavy atom. The topological polar surface area (TPSA) is 65.4 Å². The van der Waals surface area contributed by atoms with Gasteiger partial charge in [-0.3, -0.25) is 9.48 Å². The van der Waals surface area contributed by atoms with Crippen LogP contribution in [0.2, 0.25) is 0 Å². The zero-order valence-electron chi connectivity index (χ0n) is 18.1. The van der Waals surface area contributed by atoms with E-state index in [1.807, 2.05) is 26.8 Å². The molecule has 3 rings (SSSR count). The Labute approximate surface area is 179 Å². The largest absolute Gasteiger partial charge is 0.493 e. The molecular formula is C23H25F2N3O3. The van der Waals surface area contributed by atoms with Gasteiger partial charge < -0.3 is 14.8 Å². The quantitative estimate of drug-likeness (QED) is 0.594. The highest BCUT2D eigenvalue weighted by Crippen LogP contribution is 2.31. The van der Waals surface area contributed by atoms with E-state index in [4.69, 9.17) is 9.47 Å². The van der Waals surface area contributed by atoms with Crippen molar-refractivity contribution in [3.8, 4) is 22.8 Å². The summed E-state index contributed by atoms with van der Waals surface area (Å²) in [6.07, 6.45) is 1.49. The summed E-state index contributed by atoms with van der Waals surface area (Å²) >= 11 is 0. The first-order chi connectivity index (χ1) is 14.7. The van der Waals surface area contributed by atoms with Gasteiger partial charge >= 0.3 is 0 Å². The van der Waals surface area contributed by atoms with E-state index in [0.717, 1.165) is 17.7 Å². The van der Waals surface area contributed by atoms with Crippen molar-refractivity contribution < 1.29 is 23.0 Å². The van der Waals surface area contributed by atoms with Gasteiger partial charge in [0.1, 0.15) is 17.3 Å². The summed E-state index contributed by atoms with van der Waals surface area (Å²) in [5.74, 6) is -0.744. The number of nitrogens with zero attached hydrogens (tertiary/aromatic N) is 2. The van der Waals surface area contributed by atoms with Crippen LogP contribution >= 0.6 is 0 Å². The number of carbonyl (C=O) groups excluding carboxylic acids is 1. The second kappa shape index (κ2) is 9.16. The third-order valence-electron chi connectivity index (χ3n) is 4.66. The van der Waals surface area contributed by atoms with Crippen molar-refractivity contribution in [2.45, 2.75) is 32.9 Å². The Morgan fingerprint density at radius 2 is 1.84 bits per heavy atom. The fourth-order valence-corrected chi connectivity index (χ4v) is 3.20. The molecule has 1 aromatic heterocycles. The van der Waals surface area contributed by atoms with E-state index < -0.39 is 17.5 Å². The Morgan fingerprint density at radius 1 is 1.10 bits per heavy atom. The van der Waals surface area contributed by atoms with Gasteiger partial charge in [-0.2, -0.15) is 5.10 Å². The lowest BCUT2D eigenvalue weighted by Crippen LogP contribution is -2.27.